The van der Waals surface area contributed by atoms with Gasteiger partial charge in [0.2, 0.25) is 0 Å². The first-order chi connectivity index (χ1) is 20.5. The molecule has 2 N–H and O–H groups in total. The third kappa shape index (κ3) is 8.22. The summed E-state index contributed by atoms with van der Waals surface area (Å²) in [5.74, 6) is -0.506. The SMILES string of the molecule is CN(CCOc1ccc(C[C@H](Nc2ccccc2C(=O)c2ccccc2)C(=O)O)cc1)c1nc2ccccc2o1.II. The number of nitrogens with one attached hydrogen (secondary N) is 1. The van der Waals surface area contributed by atoms with E-state index in [-0.39, 0.29) is 12.2 Å². The minimum absolute atomic E-state index is 0.170. The fraction of sp³-hybridized carbons (Fsp3) is 0.156. The number of para-hydroxylation sites is 3. The van der Waals surface area contributed by atoms with Crippen LogP contribution in [0.25, 0.3) is 11.1 Å². The number of halogens is 2. The summed E-state index contributed by atoms with van der Waals surface area (Å²) in [5, 5.41) is 13.0. The number of carbonyl (C=O) groups is 2. The lowest BCUT2D eigenvalue weighted by Gasteiger charge is -2.19. The van der Waals surface area contributed by atoms with Gasteiger partial charge in [-0.3, -0.25) is 4.79 Å². The Labute approximate surface area is 267 Å². The standard InChI is InChI=1S/C32H29N3O5.I2/c1-35(32-34-27-13-7-8-14-29(27)40-32)19-20-39-24-17-15-22(16-18-24)21-28(31(37)38)33-26-12-6-5-11-25(26)30(36)23-9-3-2-4-10-23;1-2/h2-18,28,33H,19-21H2,1H3,(H,37,38);/t28-;/m0./s1. The van der Waals surface area contributed by atoms with Crippen LogP contribution >= 0.6 is 37.2 Å². The van der Waals surface area contributed by atoms with Crippen molar-refractivity contribution >= 4 is 71.8 Å². The molecule has 216 valence electrons. The van der Waals surface area contributed by atoms with E-state index in [1.165, 1.54) is 0 Å². The topological polar surface area (TPSA) is 105 Å². The first-order valence-electron chi connectivity index (χ1n) is 13.1. The average Bonchev–Trinajstić information content (AvgIpc) is 3.47. The zero-order chi connectivity index (χ0) is 29.9. The van der Waals surface area contributed by atoms with Crippen molar-refractivity contribution in [2.24, 2.45) is 0 Å². The number of rotatable bonds is 12. The summed E-state index contributed by atoms with van der Waals surface area (Å²) in [7, 11) is 1.89. The molecule has 0 bridgehead atoms. The number of hydrogen-bond acceptors (Lipinski definition) is 7. The number of carbonyl (C=O) groups excluding carboxylic acids is 1. The second-order valence-electron chi connectivity index (χ2n) is 9.36. The van der Waals surface area contributed by atoms with Crippen LogP contribution in [0.3, 0.4) is 0 Å². The minimum Gasteiger partial charge on any atom is -0.492 e. The normalized spacial score (nSPS) is 11.2. The van der Waals surface area contributed by atoms with E-state index in [0.29, 0.717) is 41.7 Å². The number of ketones is 1. The number of oxazole rings is 1. The summed E-state index contributed by atoms with van der Waals surface area (Å²) >= 11 is 4.24. The molecule has 0 aliphatic heterocycles. The summed E-state index contributed by atoms with van der Waals surface area (Å²) in [4.78, 5) is 31.5. The molecule has 0 aliphatic carbocycles. The third-order valence-electron chi connectivity index (χ3n) is 6.50. The first kappa shape index (κ1) is 31.3. The van der Waals surface area contributed by atoms with Crippen molar-refractivity contribution < 1.29 is 23.8 Å². The number of carboxylic acid groups (broad SMARTS) is 1. The molecule has 1 aromatic heterocycles. The number of benzene rings is 4. The summed E-state index contributed by atoms with van der Waals surface area (Å²) in [6.07, 6.45) is 0.226. The van der Waals surface area contributed by atoms with Gasteiger partial charge in [0.1, 0.15) is 23.9 Å². The lowest BCUT2D eigenvalue weighted by atomic mass is 10.00. The Balaban J connectivity index is 0.00000198. The Kier molecular flexibility index (Phi) is 11.6. The molecular formula is C32H29I2N3O5. The quantitative estimate of drug-likeness (QED) is 0.0993. The van der Waals surface area contributed by atoms with E-state index in [1.807, 2.05) is 66.5 Å². The molecule has 4 aromatic carbocycles. The number of likely N-dealkylation sites (N-methyl/N-ethyl adjacent to an activating group) is 1. The smallest absolute Gasteiger partial charge is 0.326 e. The summed E-state index contributed by atoms with van der Waals surface area (Å²) in [5.41, 5.74) is 3.81. The molecule has 0 spiro atoms. The molecule has 1 heterocycles. The number of anilines is 2. The number of carboxylic acids is 1. The van der Waals surface area contributed by atoms with Gasteiger partial charge < -0.3 is 24.5 Å². The highest BCUT2D eigenvalue weighted by Gasteiger charge is 2.21. The molecular weight excluding hydrogens is 760 g/mol. The van der Waals surface area contributed by atoms with Crippen LogP contribution < -0.4 is 15.0 Å². The Morgan fingerprint density at radius 2 is 1.60 bits per heavy atom. The Morgan fingerprint density at radius 3 is 2.31 bits per heavy atom. The number of aliphatic carboxylic acids is 1. The fourth-order valence-corrected chi connectivity index (χ4v) is 4.32. The molecule has 0 fully saturated rings. The minimum atomic E-state index is -1.01. The molecule has 10 heteroatoms. The molecule has 5 rings (SSSR count). The molecule has 5 aromatic rings. The summed E-state index contributed by atoms with van der Waals surface area (Å²) < 4.78 is 11.7. The van der Waals surface area contributed by atoms with Crippen molar-refractivity contribution in [3.05, 3.63) is 120 Å². The predicted molar refractivity (Wildman–Crippen MR) is 182 cm³/mol. The van der Waals surface area contributed by atoms with E-state index in [4.69, 9.17) is 9.15 Å². The van der Waals surface area contributed by atoms with Gasteiger partial charge in [-0.15, -0.1) is 0 Å². The van der Waals surface area contributed by atoms with E-state index in [9.17, 15) is 14.7 Å². The van der Waals surface area contributed by atoms with Crippen molar-refractivity contribution in [2.45, 2.75) is 12.5 Å². The molecule has 8 nitrogen and oxygen atoms in total. The summed E-state index contributed by atoms with van der Waals surface area (Å²) in [6.45, 7) is 0.987. The maximum absolute atomic E-state index is 13.1. The van der Waals surface area contributed by atoms with E-state index < -0.39 is 12.0 Å². The Bertz CT molecular complexity index is 1580. The molecule has 0 aliphatic rings. The van der Waals surface area contributed by atoms with Gasteiger partial charge in [0.25, 0.3) is 6.01 Å². The molecule has 1 atom stereocenters. The van der Waals surface area contributed by atoms with Crippen LogP contribution in [0.2, 0.25) is 0 Å². The molecule has 0 saturated carbocycles. The van der Waals surface area contributed by atoms with Crippen LogP contribution in [-0.4, -0.2) is 48.1 Å². The van der Waals surface area contributed by atoms with Gasteiger partial charge in [0.15, 0.2) is 11.4 Å². The first-order valence-corrected chi connectivity index (χ1v) is 19.4. The third-order valence-corrected chi connectivity index (χ3v) is 6.50. The van der Waals surface area contributed by atoms with Gasteiger partial charge >= 0.3 is 5.97 Å². The lowest BCUT2D eigenvalue weighted by Crippen LogP contribution is -2.32. The molecule has 42 heavy (non-hydrogen) atoms. The second kappa shape index (κ2) is 15.5. The monoisotopic (exact) mass is 789 g/mol. The Hall–Kier alpha value is -3.65. The molecule has 0 saturated heterocycles. The van der Waals surface area contributed by atoms with Crippen LogP contribution in [0.5, 0.6) is 5.75 Å². The van der Waals surface area contributed by atoms with Gasteiger partial charge in [-0.05, 0) is 42.0 Å². The van der Waals surface area contributed by atoms with Crippen LogP contribution in [-0.2, 0) is 11.2 Å². The van der Waals surface area contributed by atoms with Crippen molar-refractivity contribution in [3.63, 3.8) is 0 Å². The fourth-order valence-electron chi connectivity index (χ4n) is 4.32. The van der Waals surface area contributed by atoms with E-state index in [1.54, 1.807) is 48.5 Å². The largest absolute Gasteiger partial charge is 0.492 e. The van der Waals surface area contributed by atoms with Crippen LogP contribution in [0, 0.1) is 0 Å². The van der Waals surface area contributed by atoms with Gasteiger partial charge in [-0.2, -0.15) is 4.98 Å². The molecule has 0 unspecified atom stereocenters. The van der Waals surface area contributed by atoms with Crippen molar-refractivity contribution in [3.8, 4) is 5.75 Å². The van der Waals surface area contributed by atoms with Gasteiger partial charge in [0, 0.05) is 67.5 Å². The van der Waals surface area contributed by atoms with Gasteiger partial charge in [-0.1, -0.05) is 66.7 Å². The average molecular weight is 789 g/mol. The maximum Gasteiger partial charge on any atom is 0.326 e. The second-order valence-corrected chi connectivity index (χ2v) is 9.36. The van der Waals surface area contributed by atoms with Crippen LogP contribution in [0.4, 0.5) is 11.7 Å². The highest BCUT2D eigenvalue weighted by Crippen LogP contribution is 2.23. The lowest BCUT2D eigenvalue weighted by molar-refractivity contribution is -0.137. The molecule has 0 amide bonds. The highest BCUT2D eigenvalue weighted by atomic mass is 128. The zero-order valence-electron chi connectivity index (χ0n) is 22.7. The zero-order valence-corrected chi connectivity index (χ0v) is 27.1. The van der Waals surface area contributed by atoms with Gasteiger partial charge in [-0.25, -0.2) is 4.79 Å². The number of fused-ring (bicyclic) bond motifs is 1. The van der Waals surface area contributed by atoms with E-state index >= 15 is 0 Å². The van der Waals surface area contributed by atoms with Gasteiger partial charge in [0.05, 0.1) is 6.54 Å². The van der Waals surface area contributed by atoms with Crippen molar-refractivity contribution in [1.82, 2.24) is 4.98 Å². The predicted octanol–water partition coefficient (Wildman–Crippen LogP) is 7.45. The van der Waals surface area contributed by atoms with Crippen molar-refractivity contribution in [1.29, 1.82) is 0 Å². The van der Waals surface area contributed by atoms with Crippen LogP contribution in [0.1, 0.15) is 21.5 Å². The van der Waals surface area contributed by atoms with E-state index in [0.717, 1.165) is 16.7 Å². The number of aromatic nitrogens is 1. The Morgan fingerprint density at radius 1 is 0.929 bits per heavy atom. The van der Waals surface area contributed by atoms with Crippen molar-refractivity contribution in [2.75, 3.05) is 30.4 Å². The number of hydrogen-bond donors (Lipinski definition) is 2. The number of nitrogens with zero attached hydrogens (tertiary/aromatic N) is 2. The maximum atomic E-state index is 13.1. The molecule has 0 radical (unpaired) electrons. The highest BCUT2D eigenvalue weighted by molar-refractivity contribution is 15.0. The van der Waals surface area contributed by atoms with E-state index in [2.05, 4.69) is 47.5 Å². The van der Waals surface area contributed by atoms with Crippen LogP contribution in [0.15, 0.2) is 108 Å². The summed E-state index contributed by atoms with van der Waals surface area (Å²) in [6, 6.07) is 30.4. The number of ether oxygens (including phenoxy) is 1.